The van der Waals surface area contributed by atoms with Crippen LogP contribution in [-0.2, 0) is 33.4 Å². The number of rotatable bonds is 8. The molecule has 1 aromatic carbocycles. The normalized spacial score (nSPS) is 32.8. The zero-order chi connectivity index (χ0) is 32.1. The van der Waals surface area contributed by atoms with Gasteiger partial charge in [0, 0.05) is 52.3 Å². The summed E-state index contributed by atoms with van der Waals surface area (Å²) in [5, 5.41) is 12.4. The molecule has 0 aromatic heterocycles. The number of carbonyl (C=O) groups is 4. The molecule has 5 heterocycles. The number of aliphatic hydroxyl groups excluding tert-OH is 1. The van der Waals surface area contributed by atoms with E-state index in [9.17, 15) is 24.3 Å². The van der Waals surface area contributed by atoms with Crippen LogP contribution >= 0.6 is 0 Å². The Bertz CT molecular complexity index is 1330. The number of hydrogen-bond acceptors (Lipinski definition) is 9. The van der Waals surface area contributed by atoms with Crippen LogP contribution in [0.5, 0.6) is 0 Å². The summed E-state index contributed by atoms with van der Waals surface area (Å²) in [7, 11) is 0. The minimum atomic E-state index is -1.38. The summed E-state index contributed by atoms with van der Waals surface area (Å²) < 4.78 is 18.4. The summed E-state index contributed by atoms with van der Waals surface area (Å²) >= 11 is 0. The molecular formula is C34H44N4O8. The molecule has 0 bridgehead atoms. The van der Waals surface area contributed by atoms with Gasteiger partial charge in [-0.05, 0) is 24.8 Å². The van der Waals surface area contributed by atoms with Gasteiger partial charge in [0.1, 0.15) is 23.7 Å². The number of esters is 1. The summed E-state index contributed by atoms with van der Waals surface area (Å²) in [4.78, 5) is 61.3. The topological polar surface area (TPSA) is 138 Å². The number of aliphatic hydroxyl groups is 1. The number of carbonyl (C=O) groups excluding carboxylic acids is 4. The van der Waals surface area contributed by atoms with Crippen molar-refractivity contribution < 1.29 is 38.5 Å². The van der Waals surface area contributed by atoms with Gasteiger partial charge in [-0.25, -0.2) is 0 Å². The number of unbranched alkanes of at least 4 members (excludes halogenated alkanes) is 1. The molecule has 3 saturated heterocycles. The van der Waals surface area contributed by atoms with Gasteiger partial charge < -0.3 is 34.4 Å². The van der Waals surface area contributed by atoms with Gasteiger partial charge in [-0.1, -0.05) is 54.6 Å². The van der Waals surface area contributed by atoms with Gasteiger partial charge in [0.2, 0.25) is 17.7 Å². The molecule has 6 atom stereocenters. The molecule has 12 nitrogen and oxygen atoms in total. The van der Waals surface area contributed by atoms with Crippen molar-refractivity contribution in [1.29, 1.82) is 0 Å². The highest BCUT2D eigenvalue weighted by molar-refractivity contribution is 5.99. The van der Waals surface area contributed by atoms with E-state index in [0.717, 1.165) is 18.7 Å². The number of nitrogens with zero attached hydrogens (tertiary/aromatic N) is 3. The molecule has 0 radical (unpaired) electrons. The molecule has 5 aliphatic rings. The first-order valence-electron chi connectivity index (χ1n) is 16.5. The predicted octanol–water partition coefficient (Wildman–Crippen LogP) is 0.821. The van der Waals surface area contributed by atoms with Crippen molar-refractivity contribution >= 4 is 23.7 Å². The lowest BCUT2D eigenvalue weighted by molar-refractivity contribution is -0.160. The molecule has 3 fully saturated rings. The molecule has 0 aliphatic carbocycles. The van der Waals surface area contributed by atoms with E-state index in [2.05, 4.69) is 10.2 Å². The number of nitrogens with one attached hydrogen (secondary N) is 1. The third-order valence-electron chi connectivity index (χ3n) is 9.72. The van der Waals surface area contributed by atoms with Gasteiger partial charge in [0.05, 0.1) is 31.8 Å². The van der Waals surface area contributed by atoms with E-state index in [1.165, 1.54) is 0 Å². The van der Waals surface area contributed by atoms with Crippen molar-refractivity contribution in [3.63, 3.8) is 0 Å². The minimum absolute atomic E-state index is 0.0312. The van der Waals surface area contributed by atoms with Gasteiger partial charge in [0.25, 0.3) is 0 Å². The Morgan fingerprint density at radius 2 is 1.76 bits per heavy atom. The van der Waals surface area contributed by atoms with Gasteiger partial charge in [-0.2, -0.15) is 0 Å². The molecular weight excluding hydrogens is 592 g/mol. The van der Waals surface area contributed by atoms with E-state index in [1.807, 2.05) is 42.5 Å². The number of hydrogen-bond donors (Lipinski definition) is 2. The Labute approximate surface area is 269 Å². The van der Waals surface area contributed by atoms with Crippen molar-refractivity contribution in [2.24, 2.45) is 11.8 Å². The lowest BCUT2D eigenvalue weighted by Gasteiger charge is -2.36. The number of amides is 3. The standard InChI is InChI=1S/C34H44N4O8/c39-20-7-6-15-38-30-32(42)37(17-16-36-18-21-44-22-19-36)14-8-13-34(30)29(31(38)41)28-25(46-34)11-4-5-12-27(40)35-23-26(45-33(28)43)24-9-2-1-3-10-24/h1-4,8-11,13,25-26,28-30,39H,5-7,12,14-23H2,(H,35,40)/b11-4-/t25-,26+,28+,29+,30-,34+/m1/s1. The minimum Gasteiger partial charge on any atom is -0.455 e. The second-order valence-electron chi connectivity index (χ2n) is 12.6. The summed E-state index contributed by atoms with van der Waals surface area (Å²) in [6, 6.07) is 8.22. The SMILES string of the molecule is O=C1CC/C=C\[C@H]2O[C@]34C=CCN(CCN5CCOCC5)C(=O)[C@H]3N(CCCCO)C(=O)[C@@H]4[C@H]2C(=O)O[C@H](c2ccccc2)CN1. The average Bonchev–Trinajstić information content (AvgIpc) is 3.45. The summed E-state index contributed by atoms with van der Waals surface area (Å²) in [5.74, 6) is -3.31. The van der Waals surface area contributed by atoms with Crippen LogP contribution in [0, 0.1) is 11.8 Å². The molecule has 0 saturated carbocycles. The predicted molar refractivity (Wildman–Crippen MR) is 166 cm³/mol. The second-order valence-corrected chi connectivity index (χ2v) is 12.6. The Morgan fingerprint density at radius 3 is 2.54 bits per heavy atom. The molecule has 46 heavy (non-hydrogen) atoms. The number of likely N-dealkylation sites (tertiary alicyclic amines) is 1. The smallest absolute Gasteiger partial charge is 0.313 e. The Hall–Kier alpha value is -3.58. The summed E-state index contributed by atoms with van der Waals surface area (Å²) in [6.07, 6.45) is 7.29. The third kappa shape index (κ3) is 6.48. The van der Waals surface area contributed by atoms with Gasteiger partial charge in [-0.15, -0.1) is 0 Å². The summed E-state index contributed by atoms with van der Waals surface area (Å²) in [5.41, 5.74) is -0.661. The van der Waals surface area contributed by atoms with E-state index < -0.39 is 41.7 Å². The number of morpholine rings is 1. The highest BCUT2D eigenvalue weighted by Crippen LogP contribution is 2.53. The van der Waals surface area contributed by atoms with Crippen molar-refractivity contribution in [2.75, 3.05) is 65.6 Å². The maximum atomic E-state index is 14.5. The highest BCUT2D eigenvalue weighted by atomic mass is 16.6. The molecule has 2 N–H and O–H groups in total. The molecule has 12 heteroatoms. The monoisotopic (exact) mass is 636 g/mol. The van der Waals surface area contributed by atoms with E-state index in [-0.39, 0.29) is 43.8 Å². The quantitative estimate of drug-likeness (QED) is 0.241. The molecule has 0 unspecified atom stereocenters. The van der Waals surface area contributed by atoms with Crippen LogP contribution in [0.4, 0.5) is 0 Å². The number of allylic oxidation sites excluding steroid dienone is 1. The fourth-order valence-electron chi connectivity index (χ4n) is 7.38. The fourth-order valence-corrected chi connectivity index (χ4v) is 7.38. The van der Waals surface area contributed by atoms with Crippen molar-refractivity contribution in [2.45, 2.75) is 49.5 Å². The lowest BCUT2D eigenvalue weighted by Crippen LogP contribution is -2.56. The second kappa shape index (κ2) is 14.5. The van der Waals surface area contributed by atoms with Crippen molar-refractivity contribution in [3.8, 4) is 0 Å². The number of fused-ring (bicyclic) bond motifs is 2. The number of cyclic esters (lactones) is 1. The molecule has 248 valence electrons. The van der Waals surface area contributed by atoms with E-state index >= 15 is 0 Å². The number of ether oxygens (including phenoxy) is 3. The largest absolute Gasteiger partial charge is 0.455 e. The molecule has 6 rings (SSSR count). The maximum absolute atomic E-state index is 14.5. The van der Waals surface area contributed by atoms with Gasteiger partial charge >= 0.3 is 5.97 Å². The van der Waals surface area contributed by atoms with Crippen LogP contribution in [0.1, 0.15) is 37.4 Å². The summed E-state index contributed by atoms with van der Waals surface area (Å²) in [6.45, 7) is 4.74. The first-order valence-corrected chi connectivity index (χ1v) is 16.5. The molecule has 1 aromatic rings. The molecule has 5 aliphatic heterocycles. The molecule has 3 amide bonds. The van der Waals surface area contributed by atoms with E-state index in [1.54, 1.807) is 22.0 Å². The Balaban J connectivity index is 1.34. The first kappa shape index (κ1) is 32.4. The van der Waals surface area contributed by atoms with Crippen molar-refractivity contribution in [3.05, 3.63) is 60.2 Å². The van der Waals surface area contributed by atoms with Crippen molar-refractivity contribution in [1.82, 2.24) is 20.0 Å². The zero-order valence-electron chi connectivity index (χ0n) is 26.1. The van der Waals surface area contributed by atoms with Crippen LogP contribution in [0.2, 0.25) is 0 Å². The third-order valence-corrected chi connectivity index (χ3v) is 9.72. The first-order chi connectivity index (χ1) is 22.4. The average molecular weight is 637 g/mol. The Kier molecular flexibility index (Phi) is 10.2. The Morgan fingerprint density at radius 1 is 0.957 bits per heavy atom. The lowest BCUT2D eigenvalue weighted by atomic mass is 9.78. The van der Waals surface area contributed by atoms with Crippen LogP contribution in [0.25, 0.3) is 0 Å². The van der Waals surface area contributed by atoms with Crippen LogP contribution in [0.15, 0.2) is 54.6 Å². The van der Waals surface area contributed by atoms with E-state index in [0.29, 0.717) is 52.1 Å². The maximum Gasteiger partial charge on any atom is 0.313 e. The van der Waals surface area contributed by atoms with Gasteiger partial charge in [0.15, 0.2) is 0 Å². The van der Waals surface area contributed by atoms with Crippen LogP contribution in [0.3, 0.4) is 0 Å². The molecule has 1 spiro atoms. The van der Waals surface area contributed by atoms with E-state index in [4.69, 9.17) is 14.2 Å². The van der Waals surface area contributed by atoms with Crippen LogP contribution < -0.4 is 5.32 Å². The number of benzene rings is 1. The van der Waals surface area contributed by atoms with Gasteiger partial charge in [-0.3, -0.25) is 24.1 Å². The van der Waals surface area contributed by atoms with Crippen LogP contribution in [-0.4, -0.2) is 127 Å². The zero-order valence-corrected chi connectivity index (χ0v) is 26.1. The fraction of sp³-hybridized carbons (Fsp3) is 0.588. The highest BCUT2D eigenvalue weighted by Gasteiger charge is 2.71.